The van der Waals surface area contributed by atoms with E-state index in [1.807, 2.05) is 0 Å². The smallest absolute Gasteiger partial charge is 0.192 e. The summed E-state index contributed by atoms with van der Waals surface area (Å²) in [7, 11) is -1.62. The number of ether oxygens (including phenoxy) is 1. The van der Waals surface area contributed by atoms with Gasteiger partial charge in [-0.05, 0) is 18.1 Å². The maximum atomic E-state index is 10.0. The van der Waals surface area contributed by atoms with Gasteiger partial charge in [0.2, 0.25) is 0 Å². The van der Waals surface area contributed by atoms with Crippen molar-refractivity contribution in [2.24, 2.45) is 0 Å². The van der Waals surface area contributed by atoms with Crippen LogP contribution in [0, 0.1) is 0 Å². The average Bonchev–Trinajstić information content (AvgIpc) is 2.09. The predicted molar refractivity (Wildman–Crippen MR) is 64.6 cm³/mol. The Morgan fingerprint density at radius 2 is 1.73 bits per heavy atom. The Kier molecular flexibility index (Phi) is 6.32. The molecule has 0 N–H and O–H groups in total. The van der Waals surface area contributed by atoms with E-state index in [0.717, 1.165) is 6.29 Å². The third-order valence-corrected chi connectivity index (χ3v) is 7.41. The van der Waals surface area contributed by atoms with Gasteiger partial charge in [0.05, 0.1) is 19.8 Å². The summed E-state index contributed by atoms with van der Waals surface area (Å²) in [5.41, 5.74) is 0. The lowest BCUT2D eigenvalue weighted by atomic mass is 10.2. The lowest BCUT2D eigenvalue weighted by Crippen LogP contribution is -2.41. The molecule has 0 spiro atoms. The maximum Gasteiger partial charge on any atom is 0.192 e. The van der Waals surface area contributed by atoms with Gasteiger partial charge in [-0.25, -0.2) is 0 Å². The van der Waals surface area contributed by atoms with E-state index in [2.05, 4.69) is 33.9 Å². The Morgan fingerprint density at radius 3 is 2.20 bits per heavy atom. The average molecular weight is 232 g/mol. The third-order valence-electron chi connectivity index (χ3n) is 2.88. The highest BCUT2D eigenvalue weighted by Gasteiger charge is 2.36. The van der Waals surface area contributed by atoms with Crippen molar-refractivity contribution in [1.82, 2.24) is 0 Å². The normalized spacial score (nSPS) is 12.9. The van der Waals surface area contributed by atoms with Crippen LogP contribution in [0.15, 0.2) is 0 Å². The van der Waals surface area contributed by atoms with Gasteiger partial charge in [-0.1, -0.05) is 20.8 Å². The fourth-order valence-electron chi connectivity index (χ4n) is 0.806. The Hall–Kier alpha value is -0.193. The SMILES string of the molecule is CC(C)(C)[Si](C)(C)OCCOCCC=O. The second-order valence-electron chi connectivity index (χ2n) is 5.18. The lowest BCUT2D eigenvalue weighted by molar-refractivity contribution is -0.108. The molecule has 0 saturated heterocycles. The van der Waals surface area contributed by atoms with Crippen LogP contribution in [0.5, 0.6) is 0 Å². The Morgan fingerprint density at radius 1 is 1.13 bits per heavy atom. The number of hydrogen-bond donors (Lipinski definition) is 0. The van der Waals surface area contributed by atoms with E-state index in [9.17, 15) is 4.79 Å². The van der Waals surface area contributed by atoms with E-state index in [1.165, 1.54) is 0 Å². The Bertz CT molecular complexity index is 185. The van der Waals surface area contributed by atoms with Gasteiger partial charge < -0.3 is 14.0 Å². The van der Waals surface area contributed by atoms with Crippen molar-refractivity contribution in [2.45, 2.75) is 45.3 Å². The first kappa shape index (κ1) is 14.8. The van der Waals surface area contributed by atoms with Crippen molar-refractivity contribution in [3.8, 4) is 0 Å². The van der Waals surface area contributed by atoms with Crippen LogP contribution in [0.2, 0.25) is 18.1 Å². The highest BCUT2D eigenvalue weighted by molar-refractivity contribution is 6.74. The Labute approximate surface area is 94.3 Å². The van der Waals surface area contributed by atoms with Crippen molar-refractivity contribution in [3.05, 3.63) is 0 Å². The van der Waals surface area contributed by atoms with E-state index >= 15 is 0 Å². The molecule has 0 saturated carbocycles. The minimum Gasteiger partial charge on any atom is -0.414 e. The van der Waals surface area contributed by atoms with Crippen LogP contribution in [-0.2, 0) is 14.0 Å². The zero-order chi connectivity index (χ0) is 11.9. The molecule has 0 aromatic rings. The molecule has 0 unspecified atom stereocenters. The van der Waals surface area contributed by atoms with Crippen LogP contribution in [0.3, 0.4) is 0 Å². The predicted octanol–water partition coefficient (Wildman–Crippen LogP) is 2.61. The molecular weight excluding hydrogens is 208 g/mol. The fraction of sp³-hybridized carbons (Fsp3) is 0.909. The molecule has 0 aliphatic carbocycles. The van der Waals surface area contributed by atoms with Crippen molar-refractivity contribution in [2.75, 3.05) is 19.8 Å². The highest BCUT2D eigenvalue weighted by Crippen LogP contribution is 2.36. The number of hydrogen-bond acceptors (Lipinski definition) is 3. The molecule has 0 radical (unpaired) electrons. The minimum absolute atomic E-state index is 0.246. The van der Waals surface area contributed by atoms with E-state index in [-0.39, 0.29) is 5.04 Å². The summed E-state index contributed by atoms with van der Waals surface area (Å²) >= 11 is 0. The maximum absolute atomic E-state index is 10.0. The number of carbonyl (C=O) groups is 1. The van der Waals surface area contributed by atoms with Crippen LogP contribution < -0.4 is 0 Å². The largest absolute Gasteiger partial charge is 0.414 e. The van der Waals surface area contributed by atoms with Crippen molar-refractivity contribution in [1.29, 1.82) is 0 Å². The van der Waals surface area contributed by atoms with Gasteiger partial charge in [0, 0.05) is 6.42 Å². The molecule has 0 atom stereocenters. The van der Waals surface area contributed by atoms with Gasteiger partial charge in [-0.15, -0.1) is 0 Å². The van der Waals surface area contributed by atoms with E-state index < -0.39 is 8.32 Å². The standard InChI is InChI=1S/C11H24O3Si/c1-11(2,3)15(4,5)14-10-9-13-8-6-7-12/h7H,6,8-10H2,1-5H3. The topological polar surface area (TPSA) is 35.5 Å². The minimum atomic E-state index is -1.62. The van der Waals surface area contributed by atoms with Gasteiger partial charge in [0.25, 0.3) is 0 Å². The van der Waals surface area contributed by atoms with Crippen molar-refractivity contribution >= 4 is 14.6 Å². The second kappa shape index (κ2) is 6.40. The molecule has 0 aromatic carbocycles. The monoisotopic (exact) mass is 232 g/mol. The van der Waals surface area contributed by atoms with E-state index in [4.69, 9.17) is 9.16 Å². The second-order valence-corrected chi connectivity index (χ2v) is 9.99. The summed E-state index contributed by atoms with van der Waals surface area (Å²) in [4.78, 5) is 10.0. The van der Waals surface area contributed by atoms with Gasteiger partial charge in [0.1, 0.15) is 6.29 Å². The summed E-state index contributed by atoms with van der Waals surface area (Å²) in [6, 6.07) is 0. The molecule has 3 nitrogen and oxygen atoms in total. The fourth-order valence-corrected chi connectivity index (χ4v) is 1.83. The number of aldehydes is 1. The van der Waals surface area contributed by atoms with Crippen molar-refractivity contribution in [3.63, 3.8) is 0 Å². The first-order chi connectivity index (χ1) is 6.81. The van der Waals surface area contributed by atoms with Gasteiger partial charge in [0.15, 0.2) is 8.32 Å². The Balaban J connectivity index is 3.62. The quantitative estimate of drug-likeness (QED) is 0.384. The van der Waals surface area contributed by atoms with E-state index in [0.29, 0.717) is 26.2 Å². The van der Waals surface area contributed by atoms with Crippen molar-refractivity contribution < 1.29 is 14.0 Å². The van der Waals surface area contributed by atoms with Crippen LogP contribution in [0.4, 0.5) is 0 Å². The zero-order valence-electron chi connectivity index (χ0n) is 10.6. The van der Waals surface area contributed by atoms with Gasteiger partial charge in [-0.2, -0.15) is 0 Å². The molecule has 4 heteroatoms. The molecule has 15 heavy (non-hydrogen) atoms. The van der Waals surface area contributed by atoms with Crippen LogP contribution in [0.1, 0.15) is 27.2 Å². The summed E-state index contributed by atoms with van der Waals surface area (Å²) in [6.45, 7) is 12.8. The molecular formula is C11H24O3Si. The summed E-state index contributed by atoms with van der Waals surface area (Å²) < 4.78 is 11.1. The molecule has 0 rings (SSSR count). The first-order valence-electron chi connectivity index (χ1n) is 5.46. The van der Waals surface area contributed by atoms with Crippen LogP contribution >= 0.6 is 0 Å². The molecule has 0 heterocycles. The highest BCUT2D eigenvalue weighted by atomic mass is 28.4. The molecule has 0 aromatic heterocycles. The van der Waals surface area contributed by atoms with Gasteiger partial charge >= 0.3 is 0 Å². The molecule has 0 aliphatic rings. The van der Waals surface area contributed by atoms with Crippen LogP contribution in [0.25, 0.3) is 0 Å². The van der Waals surface area contributed by atoms with Crippen LogP contribution in [-0.4, -0.2) is 34.4 Å². The molecule has 0 bridgehead atoms. The number of rotatable bonds is 7. The summed E-state index contributed by atoms with van der Waals surface area (Å²) in [5, 5.41) is 0.246. The van der Waals surface area contributed by atoms with E-state index in [1.54, 1.807) is 0 Å². The summed E-state index contributed by atoms with van der Waals surface area (Å²) in [5.74, 6) is 0. The summed E-state index contributed by atoms with van der Waals surface area (Å²) in [6.07, 6.45) is 1.34. The zero-order valence-corrected chi connectivity index (χ0v) is 11.6. The lowest BCUT2D eigenvalue weighted by Gasteiger charge is -2.36. The third kappa shape index (κ3) is 6.07. The molecule has 0 aliphatic heterocycles. The molecule has 90 valence electrons. The number of carbonyl (C=O) groups excluding carboxylic acids is 1. The van der Waals surface area contributed by atoms with Gasteiger partial charge in [-0.3, -0.25) is 0 Å². The first-order valence-corrected chi connectivity index (χ1v) is 8.37. The molecule has 0 amide bonds. The molecule has 0 fully saturated rings.